The first-order valence-corrected chi connectivity index (χ1v) is 5.04. The van der Waals surface area contributed by atoms with E-state index in [9.17, 15) is 4.79 Å². The van der Waals surface area contributed by atoms with E-state index in [1.54, 1.807) is 18.2 Å². The van der Waals surface area contributed by atoms with Crippen LogP contribution in [0, 0.1) is 5.41 Å². The van der Waals surface area contributed by atoms with E-state index in [-0.39, 0.29) is 5.91 Å². The molecule has 0 saturated heterocycles. The van der Waals surface area contributed by atoms with Crippen molar-refractivity contribution >= 4 is 28.9 Å². The molecule has 82 valence electrons. The van der Waals surface area contributed by atoms with Crippen LogP contribution in [-0.2, 0) is 4.79 Å². The van der Waals surface area contributed by atoms with Crippen LogP contribution in [0.15, 0.2) is 18.2 Å². The minimum atomic E-state index is -0.433. The second kappa shape index (κ2) is 4.11. The molecule has 3 N–H and O–H groups in total. The molecular formula is C11H15ClN2O. The van der Waals surface area contributed by atoms with E-state index in [1.807, 2.05) is 20.8 Å². The summed E-state index contributed by atoms with van der Waals surface area (Å²) in [5.74, 6) is -0.0656. The molecule has 1 amide bonds. The zero-order valence-corrected chi connectivity index (χ0v) is 9.85. The van der Waals surface area contributed by atoms with Crippen molar-refractivity contribution in [3.63, 3.8) is 0 Å². The topological polar surface area (TPSA) is 55.1 Å². The molecular weight excluding hydrogens is 212 g/mol. The van der Waals surface area contributed by atoms with Gasteiger partial charge in [0.2, 0.25) is 5.91 Å². The number of carbonyl (C=O) groups excluding carboxylic acids is 1. The first-order valence-electron chi connectivity index (χ1n) is 4.66. The van der Waals surface area contributed by atoms with Gasteiger partial charge in [0, 0.05) is 21.8 Å². The van der Waals surface area contributed by atoms with Gasteiger partial charge in [-0.15, -0.1) is 0 Å². The molecule has 1 rings (SSSR count). The lowest BCUT2D eigenvalue weighted by Crippen LogP contribution is -2.27. The van der Waals surface area contributed by atoms with E-state index in [1.165, 1.54) is 0 Å². The van der Waals surface area contributed by atoms with Crippen LogP contribution in [0.5, 0.6) is 0 Å². The lowest BCUT2D eigenvalue weighted by molar-refractivity contribution is -0.123. The summed E-state index contributed by atoms with van der Waals surface area (Å²) in [7, 11) is 0. The van der Waals surface area contributed by atoms with Gasteiger partial charge < -0.3 is 11.1 Å². The van der Waals surface area contributed by atoms with Gasteiger partial charge in [-0.3, -0.25) is 4.79 Å². The predicted octanol–water partition coefficient (Wildman–Crippen LogP) is 2.91. The smallest absolute Gasteiger partial charge is 0.229 e. The molecule has 0 radical (unpaired) electrons. The second-order valence-corrected chi connectivity index (χ2v) is 4.91. The van der Waals surface area contributed by atoms with Crippen LogP contribution in [0.1, 0.15) is 20.8 Å². The standard InChI is InChI=1S/C11H15ClN2O/c1-11(2,3)10(15)14-9-5-7(12)4-8(13)6-9/h4-6H,13H2,1-3H3,(H,14,15). The maximum atomic E-state index is 11.7. The fraction of sp³-hybridized carbons (Fsp3) is 0.364. The van der Waals surface area contributed by atoms with Crippen molar-refractivity contribution in [1.29, 1.82) is 0 Å². The molecule has 3 nitrogen and oxygen atoms in total. The van der Waals surface area contributed by atoms with Crippen molar-refractivity contribution < 1.29 is 4.79 Å². The Morgan fingerprint density at radius 3 is 2.40 bits per heavy atom. The summed E-state index contributed by atoms with van der Waals surface area (Å²) in [6, 6.07) is 4.98. The van der Waals surface area contributed by atoms with E-state index < -0.39 is 5.41 Å². The van der Waals surface area contributed by atoms with Crippen molar-refractivity contribution in [2.45, 2.75) is 20.8 Å². The van der Waals surface area contributed by atoms with Crippen molar-refractivity contribution in [2.24, 2.45) is 5.41 Å². The van der Waals surface area contributed by atoms with Crippen molar-refractivity contribution in [3.8, 4) is 0 Å². The Kier molecular flexibility index (Phi) is 3.25. The predicted molar refractivity (Wildman–Crippen MR) is 63.9 cm³/mol. The largest absolute Gasteiger partial charge is 0.399 e. The zero-order chi connectivity index (χ0) is 11.6. The van der Waals surface area contributed by atoms with Gasteiger partial charge in [0.05, 0.1) is 0 Å². The zero-order valence-electron chi connectivity index (χ0n) is 9.10. The quantitative estimate of drug-likeness (QED) is 0.724. The van der Waals surface area contributed by atoms with Gasteiger partial charge in [-0.1, -0.05) is 32.4 Å². The third kappa shape index (κ3) is 3.44. The molecule has 0 bridgehead atoms. The third-order valence-corrected chi connectivity index (χ3v) is 2.08. The van der Waals surface area contributed by atoms with Crippen LogP contribution in [0.25, 0.3) is 0 Å². The maximum Gasteiger partial charge on any atom is 0.229 e. The van der Waals surface area contributed by atoms with E-state index in [4.69, 9.17) is 17.3 Å². The van der Waals surface area contributed by atoms with Crippen molar-refractivity contribution in [1.82, 2.24) is 0 Å². The molecule has 0 fully saturated rings. The Bertz CT molecular complexity index is 362. The summed E-state index contributed by atoms with van der Waals surface area (Å²) in [6.07, 6.45) is 0. The molecule has 0 aliphatic heterocycles. The average molecular weight is 227 g/mol. The molecule has 1 aromatic carbocycles. The monoisotopic (exact) mass is 226 g/mol. The van der Waals surface area contributed by atoms with Gasteiger partial charge in [-0.25, -0.2) is 0 Å². The Balaban J connectivity index is 2.86. The molecule has 0 saturated carbocycles. The maximum absolute atomic E-state index is 11.7. The molecule has 15 heavy (non-hydrogen) atoms. The normalized spacial score (nSPS) is 11.2. The molecule has 0 aliphatic carbocycles. The Morgan fingerprint density at radius 1 is 1.33 bits per heavy atom. The highest BCUT2D eigenvalue weighted by Crippen LogP contribution is 2.22. The number of amides is 1. The Morgan fingerprint density at radius 2 is 1.93 bits per heavy atom. The number of nitrogen functional groups attached to an aromatic ring is 1. The van der Waals surface area contributed by atoms with Gasteiger partial charge in [-0.05, 0) is 18.2 Å². The summed E-state index contributed by atoms with van der Waals surface area (Å²) in [5, 5.41) is 3.27. The number of nitrogens with one attached hydrogen (secondary N) is 1. The highest BCUT2D eigenvalue weighted by molar-refractivity contribution is 6.31. The van der Waals surface area contributed by atoms with Crippen LogP contribution in [-0.4, -0.2) is 5.91 Å². The van der Waals surface area contributed by atoms with Gasteiger partial charge in [0.1, 0.15) is 0 Å². The van der Waals surface area contributed by atoms with Crippen LogP contribution in [0.4, 0.5) is 11.4 Å². The van der Waals surface area contributed by atoms with E-state index in [0.29, 0.717) is 16.4 Å². The van der Waals surface area contributed by atoms with Gasteiger partial charge in [0.15, 0.2) is 0 Å². The first kappa shape index (κ1) is 11.9. The van der Waals surface area contributed by atoms with Crippen LogP contribution < -0.4 is 11.1 Å². The van der Waals surface area contributed by atoms with Gasteiger partial charge in [0.25, 0.3) is 0 Å². The van der Waals surface area contributed by atoms with Crippen LogP contribution >= 0.6 is 11.6 Å². The number of nitrogens with two attached hydrogens (primary N) is 1. The Labute approximate surface area is 94.6 Å². The number of hydrogen-bond donors (Lipinski definition) is 2. The fourth-order valence-corrected chi connectivity index (χ4v) is 1.25. The lowest BCUT2D eigenvalue weighted by Gasteiger charge is -2.17. The molecule has 0 atom stereocenters. The average Bonchev–Trinajstić information content (AvgIpc) is 1.99. The molecule has 4 heteroatoms. The SMILES string of the molecule is CC(C)(C)C(=O)Nc1cc(N)cc(Cl)c1. The highest BCUT2D eigenvalue weighted by atomic mass is 35.5. The van der Waals surface area contributed by atoms with Gasteiger partial charge >= 0.3 is 0 Å². The van der Waals surface area contributed by atoms with E-state index in [0.717, 1.165) is 0 Å². The summed E-state index contributed by atoms with van der Waals surface area (Å²) >= 11 is 5.82. The third-order valence-electron chi connectivity index (χ3n) is 1.86. The summed E-state index contributed by atoms with van der Waals surface area (Å²) in [5.41, 5.74) is 6.33. The van der Waals surface area contributed by atoms with E-state index >= 15 is 0 Å². The minimum Gasteiger partial charge on any atom is -0.399 e. The molecule has 0 unspecified atom stereocenters. The molecule has 0 spiro atoms. The molecule has 0 aromatic heterocycles. The number of halogens is 1. The highest BCUT2D eigenvalue weighted by Gasteiger charge is 2.21. The van der Waals surface area contributed by atoms with Crippen LogP contribution in [0.3, 0.4) is 0 Å². The number of hydrogen-bond acceptors (Lipinski definition) is 2. The first-order chi connectivity index (χ1) is 6.79. The Hall–Kier alpha value is -1.22. The number of anilines is 2. The van der Waals surface area contributed by atoms with Crippen molar-refractivity contribution in [3.05, 3.63) is 23.2 Å². The molecule has 0 heterocycles. The number of carbonyl (C=O) groups is 1. The molecule has 0 aliphatic rings. The summed E-state index contributed by atoms with van der Waals surface area (Å²) < 4.78 is 0. The molecule has 1 aromatic rings. The summed E-state index contributed by atoms with van der Waals surface area (Å²) in [4.78, 5) is 11.7. The van der Waals surface area contributed by atoms with Crippen LogP contribution in [0.2, 0.25) is 5.02 Å². The van der Waals surface area contributed by atoms with Gasteiger partial charge in [-0.2, -0.15) is 0 Å². The number of benzene rings is 1. The second-order valence-electron chi connectivity index (χ2n) is 4.48. The minimum absolute atomic E-state index is 0.0656. The lowest BCUT2D eigenvalue weighted by atomic mass is 9.95. The number of rotatable bonds is 1. The van der Waals surface area contributed by atoms with E-state index in [2.05, 4.69) is 5.32 Å². The summed E-state index contributed by atoms with van der Waals surface area (Å²) in [6.45, 7) is 5.53. The van der Waals surface area contributed by atoms with Crippen molar-refractivity contribution in [2.75, 3.05) is 11.1 Å². The fourth-order valence-electron chi connectivity index (χ4n) is 1.00.